The van der Waals surface area contributed by atoms with Gasteiger partial charge in [-0.05, 0) is 36.6 Å². The van der Waals surface area contributed by atoms with Crippen LogP contribution in [-0.2, 0) is 31.3 Å². The number of aliphatic hydroxyl groups is 1. The quantitative estimate of drug-likeness (QED) is 0.515. The molecule has 3 atom stereocenters. The number of carbonyl (C=O) groups is 1. The number of aliphatic hydroxyl groups excluding tert-OH is 1. The first-order chi connectivity index (χ1) is 16.3. The Labute approximate surface area is 210 Å². The zero-order chi connectivity index (χ0) is 26.0. The molecule has 35 heavy (non-hydrogen) atoms. The summed E-state index contributed by atoms with van der Waals surface area (Å²) in [6.07, 6.45) is 0.438. The predicted molar refractivity (Wildman–Crippen MR) is 135 cm³/mol. The zero-order valence-corrected chi connectivity index (χ0v) is 22.5. The first kappa shape index (κ1) is 27.4. The summed E-state index contributed by atoms with van der Waals surface area (Å²) in [7, 11) is -5.80. The molecule has 2 heterocycles. The van der Waals surface area contributed by atoms with Crippen LogP contribution in [0.4, 0.5) is 5.69 Å². The third-order valence-corrected chi connectivity index (χ3v) is 9.99. The minimum atomic E-state index is -3.79. The van der Waals surface area contributed by atoms with Crippen LogP contribution in [0.1, 0.15) is 19.4 Å². The number of hydrogen-bond donors (Lipinski definition) is 2. The third kappa shape index (κ3) is 6.73. The van der Waals surface area contributed by atoms with E-state index in [9.17, 15) is 26.7 Å². The van der Waals surface area contributed by atoms with E-state index >= 15 is 0 Å². The molecule has 0 saturated heterocycles. The highest BCUT2D eigenvalue weighted by Crippen LogP contribution is 2.30. The van der Waals surface area contributed by atoms with Crippen molar-refractivity contribution in [3.63, 3.8) is 0 Å². The topological polar surface area (TPSA) is 133 Å². The molecule has 2 aromatic rings. The number of benzene rings is 1. The molecule has 1 amide bonds. The van der Waals surface area contributed by atoms with Crippen LogP contribution in [0.25, 0.3) is 0 Å². The number of amides is 1. The van der Waals surface area contributed by atoms with Crippen molar-refractivity contribution in [3.8, 4) is 5.75 Å². The lowest BCUT2D eigenvalue weighted by Crippen LogP contribution is -2.48. The molecular formula is C22H31N3O7S3. The lowest BCUT2D eigenvalue weighted by Gasteiger charge is -2.33. The summed E-state index contributed by atoms with van der Waals surface area (Å²) in [5.74, 6) is -0.145. The maximum Gasteiger partial charge on any atom is 0.271 e. The van der Waals surface area contributed by atoms with Crippen LogP contribution in [0.5, 0.6) is 5.75 Å². The molecule has 0 aliphatic carbocycles. The van der Waals surface area contributed by atoms with E-state index in [2.05, 4.69) is 4.72 Å². The molecule has 0 bridgehead atoms. The summed E-state index contributed by atoms with van der Waals surface area (Å²) in [6.45, 7) is 3.67. The van der Waals surface area contributed by atoms with Crippen LogP contribution >= 0.6 is 11.3 Å². The van der Waals surface area contributed by atoms with Gasteiger partial charge in [0.1, 0.15) is 16.1 Å². The van der Waals surface area contributed by atoms with Gasteiger partial charge < -0.3 is 14.7 Å². The van der Waals surface area contributed by atoms with Crippen molar-refractivity contribution < 1.29 is 31.5 Å². The van der Waals surface area contributed by atoms with Gasteiger partial charge in [-0.1, -0.05) is 13.0 Å². The number of carbonyl (C=O) groups excluding carboxylic acids is 1. The van der Waals surface area contributed by atoms with Crippen LogP contribution in [-0.4, -0.2) is 82.2 Å². The number of anilines is 1. The number of nitrogens with one attached hydrogen (secondary N) is 1. The Hall–Kier alpha value is -2.19. The van der Waals surface area contributed by atoms with Crippen molar-refractivity contribution >= 4 is 43.0 Å². The van der Waals surface area contributed by atoms with Crippen molar-refractivity contribution in [1.82, 2.24) is 9.21 Å². The zero-order valence-electron chi connectivity index (χ0n) is 20.0. The summed E-state index contributed by atoms with van der Waals surface area (Å²) >= 11 is 1.09. The summed E-state index contributed by atoms with van der Waals surface area (Å²) in [6, 6.07) is 7.35. The molecule has 0 saturated carbocycles. The predicted octanol–water partition coefficient (Wildman–Crippen LogP) is 1.59. The summed E-state index contributed by atoms with van der Waals surface area (Å²) in [4.78, 5) is 14.8. The number of hydrogen-bond acceptors (Lipinski definition) is 8. The molecule has 1 aliphatic rings. The van der Waals surface area contributed by atoms with Gasteiger partial charge in [-0.3, -0.25) is 9.52 Å². The van der Waals surface area contributed by atoms with Crippen molar-refractivity contribution in [2.45, 2.75) is 36.6 Å². The van der Waals surface area contributed by atoms with E-state index in [0.29, 0.717) is 11.3 Å². The highest BCUT2D eigenvalue weighted by molar-refractivity contribution is 7.94. The first-order valence-corrected chi connectivity index (χ1v) is 15.2. The van der Waals surface area contributed by atoms with Crippen LogP contribution in [0.15, 0.2) is 39.9 Å². The van der Waals surface area contributed by atoms with Crippen molar-refractivity contribution in [1.29, 1.82) is 0 Å². The molecule has 10 nitrogen and oxygen atoms in total. The molecule has 1 aromatic carbocycles. The van der Waals surface area contributed by atoms with E-state index < -0.39 is 32.2 Å². The number of nitrogens with zero attached hydrogens (tertiary/aromatic N) is 2. The average molecular weight is 546 g/mol. The molecule has 2 N–H and O–H groups in total. The highest BCUT2D eigenvalue weighted by atomic mass is 32.2. The Bertz CT molecular complexity index is 1250. The van der Waals surface area contributed by atoms with Crippen LogP contribution in [0, 0.1) is 5.92 Å². The van der Waals surface area contributed by atoms with E-state index in [1.165, 1.54) is 17.4 Å². The molecule has 0 fully saturated rings. The van der Waals surface area contributed by atoms with Gasteiger partial charge in [0.05, 0.1) is 31.9 Å². The minimum Gasteiger partial charge on any atom is -0.488 e. The van der Waals surface area contributed by atoms with Crippen molar-refractivity contribution in [2.24, 2.45) is 5.92 Å². The average Bonchev–Trinajstić information content (AvgIpc) is 3.33. The van der Waals surface area contributed by atoms with Gasteiger partial charge in [0.15, 0.2) is 0 Å². The van der Waals surface area contributed by atoms with Gasteiger partial charge in [-0.2, -0.15) is 0 Å². The van der Waals surface area contributed by atoms with E-state index in [4.69, 9.17) is 4.74 Å². The van der Waals surface area contributed by atoms with E-state index in [0.717, 1.165) is 17.6 Å². The van der Waals surface area contributed by atoms with Gasteiger partial charge in [-0.15, -0.1) is 11.3 Å². The molecular weight excluding hydrogens is 514 g/mol. The second-order valence-corrected chi connectivity index (χ2v) is 13.7. The Morgan fingerprint density at radius 1 is 1.29 bits per heavy atom. The monoisotopic (exact) mass is 545 g/mol. The SMILES string of the molecule is C[C@H]1CN([C@@H](C)CO)C(=O)Cc2cc(NS(=O)(=O)c3cccs3)ccc2O[C@@H]1CN(C)S(C)(=O)=O. The number of rotatable bonds is 8. The summed E-state index contributed by atoms with van der Waals surface area (Å²) in [5.41, 5.74) is 0.727. The molecule has 0 spiro atoms. The van der Waals surface area contributed by atoms with Crippen LogP contribution in [0.3, 0.4) is 0 Å². The van der Waals surface area contributed by atoms with E-state index in [1.54, 1.807) is 41.5 Å². The standard InChI is InChI=1S/C22H31N3O7S3/c1-15-12-25(16(2)14-26)21(27)11-17-10-18(23-35(30,31)22-6-5-9-33-22)7-8-19(17)32-20(15)13-24(3)34(4,28)29/h5-10,15-16,20,23,26H,11-14H2,1-4H3/t15-,16-,20+/m0/s1. The van der Waals surface area contributed by atoms with Gasteiger partial charge in [0, 0.05) is 30.8 Å². The third-order valence-electron chi connectivity index (χ3n) is 5.93. The molecule has 3 rings (SSSR count). The number of ether oxygens (including phenoxy) is 1. The molecule has 194 valence electrons. The Morgan fingerprint density at radius 2 is 2.00 bits per heavy atom. The molecule has 1 aromatic heterocycles. The maximum atomic E-state index is 13.2. The molecule has 1 aliphatic heterocycles. The van der Waals surface area contributed by atoms with Gasteiger partial charge in [-0.25, -0.2) is 21.1 Å². The number of sulfonamides is 2. The normalized spacial score (nSPS) is 20.4. The van der Waals surface area contributed by atoms with Gasteiger partial charge >= 0.3 is 0 Å². The van der Waals surface area contributed by atoms with Crippen molar-refractivity contribution in [3.05, 3.63) is 41.3 Å². The number of likely N-dealkylation sites (N-methyl/N-ethyl adjacent to an activating group) is 1. The molecule has 13 heteroatoms. The first-order valence-electron chi connectivity index (χ1n) is 11.0. The van der Waals surface area contributed by atoms with E-state index in [-0.39, 0.29) is 47.8 Å². The van der Waals surface area contributed by atoms with Crippen LogP contribution < -0.4 is 9.46 Å². The Morgan fingerprint density at radius 3 is 2.60 bits per heavy atom. The Kier molecular flexibility index (Phi) is 8.48. The smallest absolute Gasteiger partial charge is 0.271 e. The number of thiophene rings is 1. The fourth-order valence-electron chi connectivity index (χ4n) is 3.72. The van der Waals surface area contributed by atoms with E-state index in [1.807, 2.05) is 6.92 Å². The highest BCUT2D eigenvalue weighted by Gasteiger charge is 2.32. The molecule has 0 unspecified atom stereocenters. The second kappa shape index (κ2) is 10.8. The summed E-state index contributed by atoms with van der Waals surface area (Å²) < 4.78 is 59.5. The summed E-state index contributed by atoms with van der Waals surface area (Å²) in [5, 5.41) is 11.4. The second-order valence-electron chi connectivity index (χ2n) is 8.79. The fourth-order valence-corrected chi connectivity index (χ4v) is 6.18. The lowest BCUT2D eigenvalue weighted by molar-refractivity contribution is -0.134. The van der Waals surface area contributed by atoms with Gasteiger partial charge in [0.25, 0.3) is 10.0 Å². The maximum absolute atomic E-state index is 13.2. The largest absolute Gasteiger partial charge is 0.488 e. The van der Waals surface area contributed by atoms with Crippen LogP contribution in [0.2, 0.25) is 0 Å². The molecule has 0 radical (unpaired) electrons. The minimum absolute atomic E-state index is 0.0573. The Balaban J connectivity index is 2.00. The van der Waals surface area contributed by atoms with Gasteiger partial charge in [0.2, 0.25) is 15.9 Å². The lowest BCUT2D eigenvalue weighted by atomic mass is 10.0. The fraction of sp³-hybridized carbons (Fsp3) is 0.500. The number of fused-ring (bicyclic) bond motifs is 1. The van der Waals surface area contributed by atoms with Crippen molar-refractivity contribution in [2.75, 3.05) is 37.7 Å².